The van der Waals surface area contributed by atoms with E-state index in [1.54, 1.807) is 30.6 Å². The molecule has 0 aliphatic carbocycles. The van der Waals surface area contributed by atoms with Crippen LogP contribution in [0.15, 0.2) is 36.7 Å². The van der Waals surface area contributed by atoms with Crippen molar-refractivity contribution in [1.29, 1.82) is 0 Å². The average molecular weight is 249 g/mol. The Morgan fingerprint density at radius 1 is 1.35 bits per heavy atom. The van der Waals surface area contributed by atoms with E-state index in [1.165, 1.54) is 0 Å². The first-order chi connectivity index (χ1) is 8.16. The van der Waals surface area contributed by atoms with Gasteiger partial charge >= 0.3 is 5.97 Å². The molecule has 1 N–H and O–H groups in total. The van der Waals surface area contributed by atoms with Gasteiger partial charge in [0.25, 0.3) is 0 Å². The van der Waals surface area contributed by atoms with Gasteiger partial charge < -0.3 is 5.11 Å². The summed E-state index contributed by atoms with van der Waals surface area (Å²) in [6.45, 7) is 0. The molecule has 0 amide bonds. The van der Waals surface area contributed by atoms with Gasteiger partial charge in [-0.05, 0) is 23.8 Å². The minimum Gasteiger partial charge on any atom is -0.481 e. The molecule has 2 rings (SSSR count). The number of carboxylic acid groups (broad SMARTS) is 1. The van der Waals surface area contributed by atoms with Crippen molar-refractivity contribution >= 4 is 17.6 Å². The van der Waals surface area contributed by atoms with E-state index in [1.807, 2.05) is 6.07 Å². The molecule has 0 atom stereocenters. The van der Waals surface area contributed by atoms with Crippen LogP contribution in [0, 0.1) is 0 Å². The fourth-order valence-electron chi connectivity index (χ4n) is 1.52. The molecule has 5 heteroatoms. The van der Waals surface area contributed by atoms with E-state index in [0.29, 0.717) is 16.4 Å². The number of hydrogen-bond donors (Lipinski definition) is 1. The third-order valence-corrected chi connectivity index (χ3v) is 2.43. The van der Waals surface area contributed by atoms with Gasteiger partial charge in [-0.25, -0.2) is 4.98 Å². The van der Waals surface area contributed by atoms with Gasteiger partial charge in [-0.1, -0.05) is 17.7 Å². The van der Waals surface area contributed by atoms with E-state index in [0.717, 1.165) is 5.56 Å². The van der Waals surface area contributed by atoms with Gasteiger partial charge in [0.2, 0.25) is 0 Å². The Balaban J connectivity index is 2.51. The third kappa shape index (κ3) is 2.79. The summed E-state index contributed by atoms with van der Waals surface area (Å²) in [5.41, 5.74) is 1.94. The molecule has 0 aliphatic rings. The first-order valence-electron chi connectivity index (χ1n) is 4.94. The lowest BCUT2D eigenvalue weighted by Crippen LogP contribution is -2.03. The maximum atomic E-state index is 10.8. The molecule has 17 heavy (non-hydrogen) atoms. The van der Waals surface area contributed by atoms with Crippen molar-refractivity contribution in [1.82, 2.24) is 9.97 Å². The van der Waals surface area contributed by atoms with Crippen molar-refractivity contribution in [2.45, 2.75) is 6.42 Å². The number of halogens is 1. The predicted molar refractivity (Wildman–Crippen MR) is 63.8 cm³/mol. The zero-order valence-electron chi connectivity index (χ0n) is 8.80. The molecule has 0 fully saturated rings. The molecule has 0 spiro atoms. The van der Waals surface area contributed by atoms with Crippen LogP contribution >= 0.6 is 11.6 Å². The highest BCUT2D eigenvalue weighted by atomic mass is 35.5. The van der Waals surface area contributed by atoms with Crippen molar-refractivity contribution in [2.75, 3.05) is 0 Å². The second-order valence-electron chi connectivity index (χ2n) is 3.45. The summed E-state index contributed by atoms with van der Waals surface area (Å²) in [4.78, 5) is 18.9. The Hall–Kier alpha value is -1.94. The van der Waals surface area contributed by atoms with Crippen molar-refractivity contribution in [3.05, 3.63) is 47.4 Å². The molecule has 0 radical (unpaired) electrons. The van der Waals surface area contributed by atoms with Crippen LogP contribution in [0.25, 0.3) is 11.3 Å². The van der Waals surface area contributed by atoms with Crippen LogP contribution in [0.1, 0.15) is 5.56 Å². The first-order valence-corrected chi connectivity index (χ1v) is 5.32. The second kappa shape index (κ2) is 4.93. The van der Waals surface area contributed by atoms with Crippen molar-refractivity contribution < 1.29 is 9.90 Å². The minimum absolute atomic E-state index is 0.0889. The van der Waals surface area contributed by atoms with Crippen molar-refractivity contribution in [3.63, 3.8) is 0 Å². The molecule has 0 saturated carbocycles. The Bertz CT molecular complexity index is 543. The molecule has 0 aliphatic heterocycles. The first kappa shape index (κ1) is 11.5. The van der Waals surface area contributed by atoms with E-state index in [9.17, 15) is 4.79 Å². The number of rotatable bonds is 3. The predicted octanol–water partition coefficient (Wildman–Crippen LogP) is 2.42. The normalized spacial score (nSPS) is 10.2. The van der Waals surface area contributed by atoms with Crippen molar-refractivity contribution in [2.24, 2.45) is 0 Å². The number of pyridine rings is 2. The zero-order chi connectivity index (χ0) is 12.3. The zero-order valence-corrected chi connectivity index (χ0v) is 9.55. The van der Waals surface area contributed by atoms with Gasteiger partial charge in [0, 0.05) is 18.0 Å². The highest BCUT2D eigenvalue weighted by Crippen LogP contribution is 2.23. The summed E-state index contributed by atoms with van der Waals surface area (Å²) < 4.78 is 0. The Kier molecular flexibility index (Phi) is 3.35. The molecular weight excluding hydrogens is 240 g/mol. The maximum Gasteiger partial charge on any atom is 0.307 e. The molecule has 2 aromatic rings. The lowest BCUT2D eigenvalue weighted by atomic mass is 10.1. The standard InChI is InChI=1S/C12H9ClN2O2/c13-10-4-3-8(6-11(16)17)12(15-10)9-2-1-5-14-7-9/h1-5,7H,6H2,(H,16,17). The largest absolute Gasteiger partial charge is 0.481 e. The molecule has 0 unspecified atom stereocenters. The van der Waals surface area contributed by atoms with Gasteiger partial charge in [0.05, 0.1) is 12.1 Å². The number of hydrogen-bond acceptors (Lipinski definition) is 3. The van der Waals surface area contributed by atoms with Crippen LogP contribution in [-0.2, 0) is 11.2 Å². The average Bonchev–Trinajstić information content (AvgIpc) is 2.32. The number of carbonyl (C=O) groups is 1. The van der Waals surface area contributed by atoms with E-state index in [-0.39, 0.29) is 6.42 Å². The molecule has 0 bridgehead atoms. The SMILES string of the molecule is O=C(O)Cc1ccc(Cl)nc1-c1cccnc1. The fourth-order valence-corrected chi connectivity index (χ4v) is 1.67. The van der Waals surface area contributed by atoms with E-state index in [4.69, 9.17) is 16.7 Å². The maximum absolute atomic E-state index is 10.8. The number of aliphatic carboxylic acids is 1. The molecule has 4 nitrogen and oxygen atoms in total. The third-order valence-electron chi connectivity index (χ3n) is 2.22. The quantitative estimate of drug-likeness (QED) is 0.848. The summed E-state index contributed by atoms with van der Waals surface area (Å²) in [6.07, 6.45) is 3.18. The highest BCUT2D eigenvalue weighted by molar-refractivity contribution is 6.29. The number of aromatic nitrogens is 2. The molecule has 86 valence electrons. The van der Waals surface area contributed by atoms with Crippen LogP contribution in [0.4, 0.5) is 0 Å². The highest BCUT2D eigenvalue weighted by Gasteiger charge is 2.10. The monoisotopic (exact) mass is 248 g/mol. The summed E-state index contributed by atoms with van der Waals surface area (Å²) in [5, 5.41) is 9.16. The summed E-state index contributed by atoms with van der Waals surface area (Å²) in [6, 6.07) is 6.84. The lowest BCUT2D eigenvalue weighted by Gasteiger charge is -2.06. The van der Waals surface area contributed by atoms with E-state index in [2.05, 4.69) is 9.97 Å². The van der Waals surface area contributed by atoms with Crippen molar-refractivity contribution in [3.8, 4) is 11.3 Å². The van der Waals surface area contributed by atoms with Gasteiger partial charge in [0.15, 0.2) is 0 Å². The Labute approximate surface area is 103 Å². The topological polar surface area (TPSA) is 63.1 Å². The minimum atomic E-state index is -0.903. The van der Waals surface area contributed by atoms with E-state index >= 15 is 0 Å². The molecule has 0 aromatic carbocycles. The molecule has 0 saturated heterocycles. The Morgan fingerprint density at radius 3 is 2.82 bits per heavy atom. The van der Waals surface area contributed by atoms with Gasteiger partial charge in [0.1, 0.15) is 5.15 Å². The van der Waals surface area contributed by atoms with Crippen LogP contribution < -0.4 is 0 Å². The molecule has 2 heterocycles. The van der Waals surface area contributed by atoms with Crippen LogP contribution in [0.2, 0.25) is 5.15 Å². The summed E-state index contributed by atoms with van der Waals surface area (Å²) >= 11 is 5.82. The van der Waals surface area contributed by atoms with Gasteiger partial charge in [-0.15, -0.1) is 0 Å². The molecule has 2 aromatic heterocycles. The van der Waals surface area contributed by atoms with Crippen LogP contribution in [0.3, 0.4) is 0 Å². The summed E-state index contributed by atoms with van der Waals surface area (Å²) in [5.74, 6) is -0.903. The van der Waals surface area contributed by atoms with E-state index < -0.39 is 5.97 Å². The lowest BCUT2D eigenvalue weighted by molar-refractivity contribution is -0.136. The number of nitrogens with zero attached hydrogens (tertiary/aromatic N) is 2. The van der Waals surface area contributed by atoms with Crippen LogP contribution in [-0.4, -0.2) is 21.0 Å². The fraction of sp³-hybridized carbons (Fsp3) is 0.0833. The summed E-state index contributed by atoms with van der Waals surface area (Å²) in [7, 11) is 0. The Morgan fingerprint density at radius 2 is 2.18 bits per heavy atom. The van der Waals surface area contributed by atoms with Gasteiger partial charge in [-0.2, -0.15) is 0 Å². The number of carboxylic acids is 1. The van der Waals surface area contributed by atoms with Crippen LogP contribution in [0.5, 0.6) is 0 Å². The van der Waals surface area contributed by atoms with Gasteiger partial charge in [-0.3, -0.25) is 9.78 Å². The second-order valence-corrected chi connectivity index (χ2v) is 3.84. The smallest absolute Gasteiger partial charge is 0.307 e. The molecular formula is C12H9ClN2O2.